The first-order valence-electron chi connectivity index (χ1n) is 14.5. The average Bonchev–Trinajstić information content (AvgIpc) is 2.89. The molecule has 0 saturated heterocycles. The number of phosphoric ester groups is 1. The van der Waals surface area contributed by atoms with Crippen LogP contribution < -0.4 is 5.73 Å². The minimum Gasteiger partial charge on any atom is -0.457 e. The summed E-state index contributed by atoms with van der Waals surface area (Å²) in [5, 5.41) is 0. The largest absolute Gasteiger partial charge is 0.472 e. The first kappa shape index (κ1) is 36.7. The second-order valence-electron chi connectivity index (χ2n) is 9.23. The number of esters is 1. The third-order valence-electron chi connectivity index (χ3n) is 5.54. The van der Waals surface area contributed by atoms with Crippen LogP contribution in [0.4, 0.5) is 0 Å². The van der Waals surface area contributed by atoms with Gasteiger partial charge in [0.2, 0.25) is 0 Å². The van der Waals surface area contributed by atoms with E-state index in [0.717, 1.165) is 38.5 Å². The predicted octanol–water partition coefficient (Wildman–Crippen LogP) is 7.18. The fourth-order valence-electron chi connectivity index (χ4n) is 3.52. The lowest BCUT2D eigenvalue weighted by molar-refractivity contribution is -0.154. The summed E-state index contributed by atoms with van der Waals surface area (Å²) in [5.74, 6) is -0.389. The zero-order valence-electron chi connectivity index (χ0n) is 23.9. The molecule has 0 fully saturated rings. The second kappa shape index (κ2) is 27.3. The number of allylic oxidation sites excluding steroid dienone is 6. The molecule has 222 valence electrons. The highest BCUT2D eigenvalue weighted by atomic mass is 31.2. The van der Waals surface area contributed by atoms with Gasteiger partial charge in [-0.15, -0.1) is 0 Å². The topological polar surface area (TPSA) is 117 Å². The number of hydrogen-bond acceptors (Lipinski definition) is 7. The number of carbonyl (C=O) groups is 1. The minimum atomic E-state index is -4.24. The van der Waals surface area contributed by atoms with Crippen molar-refractivity contribution in [2.75, 3.05) is 33.0 Å². The molecule has 38 heavy (non-hydrogen) atoms. The summed E-state index contributed by atoms with van der Waals surface area (Å²) < 4.78 is 32.4. The molecule has 2 unspecified atom stereocenters. The molecule has 3 N–H and O–H groups in total. The fourth-order valence-corrected chi connectivity index (χ4v) is 4.28. The fraction of sp³-hybridized carbons (Fsp3) is 0.759. The van der Waals surface area contributed by atoms with Crippen LogP contribution in [0.1, 0.15) is 104 Å². The first-order valence-corrected chi connectivity index (χ1v) is 16.0. The van der Waals surface area contributed by atoms with Gasteiger partial charge < -0.3 is 20.1 Å². The molecule has 0 aromatic rings. The van der Waals surface area contributed by atoms with Crippen LogP contribution in [0.3, 0.4) is 0 Å². The van der Waals surface area contributed by atoms with Gasteiger partial charge in [-0.05, 0) is 44.9 Å². The average molecular weight is 560 g/mol. The molecule has 0 aliphatic rings. The molecule has 0 aliphatic carbocycles. The number of nitrogens with two attached hydrogens (primary N) is 1. The van der Waals surface area contributed by atoms with Gasteiger partial charge in [0.25, 0.3) is 0 Å². The molecule has 0 spiro atoms. The van der Waals surface area contributed by atoms with E-state index in [0.29, 0.717) is 13.0 Å². The van der Waals surface area contributed by atoms with Crippen LogP contribution in [0.5, 0.6) is 0 Å². The van der Waals surface area contributed by atoms with Crippen LogP contribution in [0, 0.1) is 0 Å². The molecule has 0 aromatic heterocycles. The number of carbonyl (C=O) groups excluding carboxylic acids is 1. The molecular weight excluding hydrogens is 505 g/mol. The van der Waals surface area contributed by atoms with Crippen molar-refractivity contribution in [1.29, 1.82) is 0 Å². The van der Waals surface area contributed by atoms with Gasteiger partial charge in [0.15, 0.2) is 0 Å². The van der Waals surface area contributed by atoms with Crippen molar-refractivity contribution in [3.63, 3.8) is 0 Å². The number of rotatable bonds is 27. The molecule has 2 atom stereocenters. The predicted molar refractivity (Wildman–Crippen MR) is 155 cm³/mol. The lowest BCUT2D eigenvalue weighted by Crippen LogP contribution is -2.28. The Morgan fingerprint density at radius 1 is 0.816 bits per heavy atom. The van der Waals surface area contributed by atoms with Crippen LogP contribution in [0.2, 0.25) is 0 Å². The van der Waals surface area contributed by atoms with Gasteiger partial charge >= 0.3 is 13.8 Å². The van der Waals surface area contributed by atoms with Crippen molar-refractivity contribution in [3.05, 3.63) is 36.5 Å². The summed E-state index contributed by atoms with van der Waals surface area (Å²) in [6, 6.07) is 0. The number of hydrogen-bond donors (Lipinski definition) is 2. The summed E-state index contributed by atoms with van der Waals surface area (Å²) in [5.41, 5.74) is 5.27. The SMILES string of the molecule is CC/C=C\C/C=C\C/C=C\CCCCCCCCCCOCC(COP(=O)(O)OCCN)OC(=O)CCC. The van der Waals surface area contributed by atoms with E-state index in [9.17, 15) is 14.3 Å². The molecule has 0 saturated carbocycles. The lowest BCUT2D eigenvalue weighted by Gasteiger charge is -2.19. The van der Waals surface area contributed by atoms with E-state index < -0.39 is 13.9 Å². The van der Waals surface area contributed by atoms with E-state index in [1.165, 1.54) is 38.5 Å². The maximum absolute atomic E-state index is 11.8. The van der Waals surface area contributed by atoms with Crippen LogP contribution in [0.15, 0.2) is 36.5 Å². The van der Waals surface area contributed by atoms with Crippen LogP contribution >= 0.6 is 7.82 Å². The molecule has 0 bridgehead atoms. The zero-order valence-corrected chi connectivity index (χ0v) is 24.8. The maximum Gasteiger partial charge on any atom is 0.472 e. The Labute approximate surface area is 231 Å². The van der Waals surface area contributed by atoms with E-state index in [4.69, 9.17) is 24.3 Å². The molecule has 8 nitrogen and oxygen atoms in total. The summed E-state index contributed by atoms with van der Waals surface area (Å²) in [4.78, 5) is 21.5. The van der Waals surface area contributed by atoms with Crippen molar-refractivity contribution in [3.8, 4) is 0 Å². The first-order chi connectivity index (χ1) is 18.4. The molecule has 0 aliphatic heterocycles. The molecule has 0 radical (unpaired) electrons. The Balaban J connectivity index is 3.80. The Morgan fingerprint density at radius 3 is 2.05 bits per heavy atom. The number of phosphoric acid groups is 1. The summed E-state index contributed by atoms with van der Waals surface area (Å²) in [7, 11) is -4.24. The highest BCUT2D eigenvalue weighted by Crippen LogP contribution is 2.43. The van der Waals surface area contributed by atoms with E-state index >= 15 is 0 Å². The smallest absolute Gasteiger partial charge is 0.457 e. The second-order valence-corrected chi connectivity index (χ2v) is 10.7. The molecule has 0 rings (SSSR count). The van der Waals surface area contributed by atoms with Crippen molar-refractivity contribution >= 4 is 13.8 Å². The quantitative estimate of drug-likeness (QED) is 0.0470. The van der Waals surface area contributed by atoms with Gasteiger partial charge in [-0.1, -0.05) is 88.8 Å². The van der Waals surface area contributed by atoms with Crippen molar-refractivity contribution in [1.82, 2.24) is 0 Å². The highest BCUT2D eigenvalue weighted by molar-refractivity contribution is 7.47. The van der Waals surface area contributed by atoms with Crippen molar-refractivity contribution < 1.29 is 32.8 Å². The summed E-state index contributed by atoms with van der Waals surface area (Å²) in [6.07, 6.45) is 27.4. The van der Waals surface area contributed by atoms with E-state index in [1.807, 2.05) is 6.92 Å². The summed E-state index contributed by atoms with van der Waals surface area (Å²) in [6.45, 7) is 4.39. The zero-order chi connectivity index (χ0) is 28.2. The van der Waals surface area contributed by atoms with Crippen molar-refractivity contribution in [2.24, 2.45) is 5.73 Å². The third kappa shape index (κ3) is 26.3. The third-order valence-corrected chi connectivity index (χ3v) is 6.53. The standard InChI is InChI=1S/C29H54NO7P/c1-3-5-6-7-8-9-10-11-12-13-14-15-16-17-18-19-20-21-24-34-26-28(37-29(31)22-4-2)27-36-38(32,33)35-25-23-30/h5-6,8-9,11-12,28H,3-4,7,10,13-27,30H2,1-2H3,(H,32,33)/b6-5-,9-8-,12-11-. The van der Waals surface area contributed by atoms with Crippen LogP contribution in [0.25, 0.3) is 0 Å². The van der Waals surface area contributed by atoms with E-state index in [1.54, 1.807) is 0 Å². The Kier molecular flexibility index (Phi) is 26.4. The van der Waals surface area contributed by atoms with Gasteiger partial charge in [-0.3, -0.25) is 13.8 Å². The molecule has 9 heteroatoms. The minimum absolute atomic E-state index is 0.0969. The lowest BCUT2D eigenvalue weighted by atomic mass is 10.1. The Morgan fingerprint density at radius 2 is 1.42 bits per heavy atom. The number of ether oxygens (including phenoxy) is 2. The molecular formula is C29H54NO7P. The molecule has 0 heterocycles. The Bertz CT molecular complexity index is 682. The highest BCUT2D eigenvalue weighted by Gasteiger charge is 2.25. The normalized spacial score (nSPS) is 14.5. The number of unbranched alkanes of at least 4 members (excludes halogenated alkanes) is 8. The van der Waals surface area contributed by atoms with Gasteiger partial charge in [0.05, 0.1) is 19.8 Å². The maximum atomic E-state index is 11.8. The van der Waals surface area contributed by atoms with Crippen LogP contribution in [-0.4, -0.2) is 49.9 Å². The van der Waals surface area contributed by atoms with Crippen molar-refractivity contribution in [2.45, 2.75) is 110 Å². The van der Waals surface area contributed by atoms with Crippen LogP contribution in [-0.2, 0) is 27.9 Å². The monoisotopic (exact) mass is 559 g/mol. The van der Waals surface area contributed by atoms with E-state index in [-0.39, 0.29) is 38.8 Å². The van der Waals surface area contributed by atoms with Gasteiger partial charge in [0.1, 0.15) is 6.10 Å². The summed E-state index contributed by atoms with van der Waals surface area (Å²) >= 11 is 0. The molecule has 0 amide bonds. The Hall–Kier alpha value is -1.28. The van der Waals surface area contributed by atoms with Gasteiger partial charge in [-0.25, -0.2) is 4.57 Å². The van der Waals surface area contributed by atoms with Gasteiger partial charge in [-0.2, -0.15) is 0 Å². The van der Waals surface area contributed by atoms with Gasteiger partial charge in [0, 0.05) is 19.6 Å². The molecule has 0 aromatic carbocycles. The van der Waals surface area contributed by atoms with E-state index in [2.05, 4.69) is 43.4 Å².